The van der Waals surface area contributed by atoms with Crippen molar-refractivity contribution in [2.45, 2.75) is 17.3 Å². The van der Waals surface area contributed by atoms with E-state index in [1.54, 1.807) is 25.2 Å². The summed E-state index contributed by atoms with van der Waals surface area (Å²) in [5.74, 6) is 0.608. The van der Waals surface area contributed by atoms with Crippen molar-refractivity contribution in [3.8, 4) is 5.75 Å². The highest BCUT2D eigenvalue weighted by Crippen LogP contribution is 2.34. The summed E-state index contributed by atoms with van der Waals surface area (Å²) in [6, 6.07) is 13.2. The molecule has 1 aliphatic rings. The van der Waals surface area contributed by atoms with Crippen LogP contribution in [0.5, 0.6) is 5.75 Å². The van der Waals surface area contributed by atoms with Gasteiger partial charge in [-0.15, -0.1) is 10.2 Å². The van der Waals surface area contributed by atoms with Crippen molar-refractivity contribution in [1.29, 1.82) is 0 Å². The molecule has 0 spiro atoms. The normalized spacial score (nSPS) is 14.6. The number of morpholine rings is 1. The summed E-state index contributed by atoms with van der Waals surface area (Å²) >= 11 is 1.61. The van der Waals surface area contributed by atoms with E-state index in [1.165, 1.54) is 0 Å². The fraction of sp³-hybridized carbons (Fsp3) is 0.348. The number of anilines is 3. The molecule has 2 aromatic carbocycles. The maximum Gasteiger partial charge on any atom is 0.323 e. The Morgan fingerprint density at radius 3 is 2.73 bits per heavy atom. The van der Waals surface area contributed by atoms with Crippen LogP contribution in [0.3, 0.4) is 0 Å². The van der Waals surface area contributed by atoms with E-state index in [-0.39, 0.29) is 11.3 Å². The van der Waals surface area contributed by atoms with Crippen LogP contribution in [0.2, 0.25) is 0 Å². The molecular weight excluding hydrogens is 440 g/mol. The molecule has 33 heavy (non-hydrogen) atoms. The lowest BCUT2D eigenvalue weighted by Gasteiger charge is -2.29. The lowest BCUT2D eigenvalue weighted by Crippen LogP contribution is -2.36. The zero-order valence-corrected chi connectivity index (χ0v) is 19.8. The number of benzene rings is 2. The van der Waals surface area contributed by atoms with E-state index in [2.05, 4.69) is 32.7 Å². The fourth-order valence-corrected chi connectivity index (χ4v) is 4.47. The molecule has 1 saturated heterocycles. The average Bonchev–Trinajstić information content (AvgIpc) is 3.24. The lowest BCUT2D eigenvalue weighted by atomic mass is 10.1. The maximum absolute atomic E-state index is 12.7. The van der Waals surface area contributed by atoms with Crippen LogP contribution in [-0.2, 0) is 11.8 Å². The van der Waals surface area contributed by atoms with Gasteiger partial charge >= 0.3 is 6.03 Å². The van der Waals surface area contributed by atoms with Crippen molar-refractivity contribution in [1.82, 2.24) is 14.8 Å². The maximum atomic E-state index is 12.7. The van der Waals surface area contributed by atoms with E-state index in [9.17, 15) is 4.79 Å². The molecule has 1 aromatic heterocycles. The van der Waals surface area contributed by atoms with E-state index in [4.69, 9.17) is 9.47 Å². The van der Waals surface area contributed by atoms with Crippen molar-refractivity contribution in [2.75, 3.05) is 48.9 Å². The summed E-state index contributed by atoms with van der Waals surface area (Å²) in [5.41, 5.74) is 3.44. The number of methoxy groups -OCH3 is 1. The molecule has 2 amide bonds. The molecule has 0 radical (unpaired) electrons. The van der Waals surface area contributed by atoms with Crippen LogP contribution >= 0.6 is 11.8 Å². The first kappa shape index (κ1) is 22.9. The largest absolute Gasteiger partial charge is 0.494 e. The summed E-state index contributed by atoms with van der Waals surface area (Å²) < 4.78 is 12.8. The van der Waals surface area contributed by atoms with E-state index in [1.807, 2.05) is 54.1 Å². The van der Waals surface area contributed by atoms with Gasteiger partial charge in [0.1, 0.15) is 12.1 Å². The third kappa shape index (κ3) is 5.77. The van der Waals surface area contributed by atoms with Gasteiger partial charge in [-0.3, -0.25) is 0 Å². The Kier molecular flexibility index (Phi) is 7.36. The second kappa shape index (κ2) is 10.6. The van der Waals surface area contributed by atoms with E-state index < -0.39 is 0 Å². The highest BCUT2D eigenvalue weighted by atomic mass is 32.2. The second-order valence-corrected chi connectivity index (χ2v) is 8.98. The summed E-state index contributed by atoms with van der Waals surface area (Å²) in [6.45, 7) is 5.18. The summed E-state index contributed by atoms with van der Waals surface area (Å²) in [5, 5.41) is 14.8. The highest BCUT2D eigenvalue weighted by Gasteiger charge is 2.16. The van der Waals surface area contributed by atoms with Crippen molar-refractivity contribution < 1.29 is 14.3 Å². The van der Waals surface area contributed by atoms with Gasteiger partial charge < -0.3 is 29.6 Å². The minimum atomic E-state index is -0.335. The number of hydrogen-bond acceptors (Lipinski definition) is 7. The predicted octanol–water partition coefficient (Wildman–Crippen LogP) is 4.16. The van der Waals surface area contributed by atoms with Gasteiger partial charge in [-0.05, 0) is 36.8 Å². The number of thioether (sulfide) groups is 1. The molecule has 1 fully saturated rings. The van der Waals surface area contributed by atoms with Crippen LogP contribution in [0.15, 0.2) is 53.9 Å². The minimum absolute atomic E-state index is 0.144. The van der Waals surface area contributed by atoms with Gasteiger partial charge in [0.05, 0.1) is 26.0 Å². The molecule has 3 aromatic rings. The van der Waals surface area contributed by atoms with Crippen molar-refractivity contribution >= 4 is 34.9 Å². The third-order valence-electron chi connectivity index (χ3n) is 5.38. The quantitative estimate of drug-likeness (QED) is 0.503. The molecule has 0 saturated carbocycles. The van der Waals surface area contributed by atoms with Gasteiger partial charge in [0.15, 0.2) is 5.16 Å². The Morgan fingerprint density at radius 1 is 1.18 bits per heavy atom. The van der Waals surface area contributed by atoms with E-state index >= 15 is 0 Å². The van der Waals surface area contributed by atoms with Crippen LogP contribution in [0.4, 0.5) is 21.9 Å². The van der Waals surface area contributed by atoms with Gasteiger partial charge in [-0.1, -0.05) is 23.9 Å². The van der Waals surface area contributed by atoms with Crippen molar-refractivity contribution in [3.05, 3.63) is 54.4 Å². The standard InChI is InChI=1S/C23H28N6O3S/c1-16(33-23-27-24-15-28(23)2)17-5-4-6-18(13-17)25-22(30)26-20-8-7-19(14-21(20)31-3)29-9-11-32-12-10-29/h4-8,13-16H,9-12H2,1-3H3,(H2,25,26,30)/t16-/m0/s1. The second-order valence-electron chi connectivity index (χ2n) is 7.67. The Morgan fingerprint density at radius 2 is 2.00 bits per heavy atom. The number of urea groups is 1. The molecular formula is C23H28N6O3S. The molecule has 2 heterocycles. The number of amides is 2. The first-order chi connectivity index (χ1) is 16.0. The number of hydrogen-bond donors (Lipinski definition) is 2. The van der Waals surface area contributed by atoms with E-state index in [0.29, 0.717) is 30.3 Å². The summed E-state index contributed by atoms with van der Waals surface area (Å²) in [4.78, 5) is 14.9. The minimum Gasteiger partial charge on any atom is -0.494 e. The number of rotatable bonds is 7. The fourth-order valence-electron chi connectivity index (χ4n) is 3.56. The number of nitrogens with one attached hydrogen (secondary N) is 2. The van der Waals surface area contributed by atoms with Crippen LogP contribution in [0.1, 0.15) is 17.7 Å². The Balaban J connectivity index is 1.40. The molecule has 4 rings (SSSR count). The monoisotopic (exact) mass is 468 g/mol. The van der Waals surface area contributed by atoms with E-state index in [0.717, 1.165) is 29.5 Å². The van der Waals surface area contributed by atoms with Gasteiger partial charge in [-0.25, -0.2) is 4.79 Å². The van der Waals surface area contributed by atoms with Gasteiger partial charge in [-0.2, -0.15) is 0 Å². The van der Waals surface area contributed by atoms with Gasteiger partial charge in [0, 0.05) is 42.8 Å². The predicted molar refractivity (Wildman–Crippen MR) is 130 cm³/mol. The number of nitrogens with zero attached hydrogens (tertiary/aromatic N) is 4. The summed E-state index contributed by atoms with van der Waals surface area (Å²) in [6.07, 6.45) is 1.68. The number of aryl methyl sites for hydroxylation is 1. The molecule has 174 valence electrons. The van der Waals surface area contributed by atoms with Crippen LogP contribution in [-0.4, -0.2) is 54.2 Å². The van der Waals surface area contributed by atoms with Crippen LogP contribution in [0, 0.1) is 0 Å². The molecule has 2 N–H and O–H groups in total. The van der Waals surface area contributed by atoms with Crippen molar-refractivity contribution in [2.24, 2.45) is 7.05 Å². The number of carbonyl (C=O) groups excluding carboxylic acids is 1. The molecule has 10 heteroatoms. The number of carbonyl (C=O) groups is 1. The average molecular weight is 469 g/mol. The smallest absolute Gasteiger partial charge is 0.323 e. The lowest BCUT2D eigenvalue weighted by molar-refractivity contribution is 0.122. The Hall–Kier alpha value is -3.24. The van der Waals surface area contributed by atoms with Crippen molar-refractivity contribution in [3.63, 3.8) is 0 Å². The molecule has 1 atom stereocenters. The molecule has 9 nitrogen and oxygen atoms in total. The topological polar surface area (TPSA) is 93.5 Å². The van der Waals surface area contributed by atoms with Crippen LogP contribution in [0.25, 0.3) is 0 Å². The number of ether oxygens (including phenoxy) is 2. The molecule has 0 bridgehead atoms. The zero-order chi connectivity index (χ0) is 23.2. The Bertz CT molecular complexity index is 1100. The highest BCUT2D eigenvalue weighted by molar-refractivity contribution is 7.99. The summed E-state index contributed by atoms with van der Waals surface area (Å²) in [7, 11) is 3.51. The first-order valence-electron chi connectivity index (χ1n) is 10.7. The van der Waals surface area contributed by atoms with Gasteiger partial charge in [0.25, 0.3) is 0 Å². The molecule has 0 aliphatic carbocycles. The Labute approximate surface area is 197 Å². The zero-order valence-electron chi connectivity index (χ0n) is 18.9. The molecule has 1 aliphatic heterocycles. The SMILES string of the molecule is COc1cc(N2CCOCC2)ccc1NC(=O)Nc1cccc([C@H](C)Sc2nncn2C)c1. The molecule has 0 unspecified atom stereocenters. The van der Waals surface area contributed by atoms with Crippen LogP contribution < -0.4 is 20.3 Å². The third-order valence-corrected chi connectivity index (χ3v) is 6.58. The first-order valence-corrected chi connectivity index (χ1v) is 11.6. The number of aromatic nitrogens is 3. The van der Waals surface area contributed by atoms with Gasteiger partial charge in [0.2, 0.25) is 0 Å².